The van der Waals surface area contributed by atoms with Gasteiger partial charge in [-0.05, 0) is 39.0 Å². The van der Waals surface area contributed by atoms with Gasteiger partial charge in [-0.2, -0.15) is 0 Å². The Morgan fingerprint density at radius 1 is 1.31 bits per heavy atom. The SMILES string of the molecule is C/C=C(/C=C/F)N(CC)c1ccc(C)cc1. The van der Waals surface area contributed by atoms with E-state index in [1.54, 1.807) is 0 Å². The van der Waals surface area contributed by atoms with E-state index in [-0.39, 0.29) is 0 Å². The van der Waals surface area contributed by atoms with E-state index in [2.05, 4.69) is 43.0 Å². The normalized spacial score (nSPS) is 12.1. The Kier molecular flexibility index (Phi) is 4.77. The van der Waals surface area contributed by atoms with Gasteiger partial charge in [-0.15, -0.1) is 0 Å². The summed E-state index contributed by atoms with van der Waals surface area (Å²) >= 11 is 0. The fourth-order valence-electron chi connectivity index (χ4n) is 1.65. The van der Waals surface area contributed by atoms with Crippen LogP contribution in [0.5, 0.6) is 0 Å². The molecule has 0 N–H and O–H groups in total. The third kappa shape index (κ3) is 2.96. The standard InChI is InChI=1S/C14H18FN/c1-4-13(10-11-15)16(5-2)14-8-6-12(3)7-9-14/h4,6-11H,5H2,1-3H3/b11-10+,13-4-. The zero-order valence-corrected chi connectivity index (χ0v) is 10.1. The number of aryl methyl sites for hydroxylation is 1. The first kappa shape index (κ1) is 12.5. The van der Waals surface area contributed by atoms with Crippen molar-refractivity contribution in [1.82, 2.24) is 0 Å². The number of halogens is 1. The molecule has 0 aliphatic rings. The Hall–Kier alpha value is -1.57. The first-order valence-corrected chi connectivity index (χ1v) is 5.50. The topological polar surface area (TPSA) is 3.24 Å². The number of allylic oxidation sites excluding steroid dienone is 2. The van der Waals surface area contributed by atoms with Crippen molar-refractivity contribution >= 4 is 5.69 Å². The maximum atomic E-state index is 12.3. The Labute approximate surface area is 96.9 Å². The van der Waals surface area contributed by atoms with Crippen molar-refractivity contribution in [3.05, 3.63) is 54.0 Å². The van der Waals surface area contributed by atoms with Gasteiger partial charge in [0.15, 0.2) is 0 Å². The summed E-state index contributed by atoms with van der Waals surface area (Å²) in [6, 6.07) is 8.22. The van der Waals surface area contributed by atoms with E-state index >= 15 is 0 Å². The maximum Gasteiger partial charge on any atom is 0.0887 e. The number of rotatable bonds is 4. The molecule has 0 bridgehead atoms. The van der Waals surface area contributed by atoms with Crippen LogP contribution in [-0.2, 0) is 0 Å². The minimum Gasteiger partial charge on any atom is -0.342 e. The minimum atomic E-state index is 0.576. The van der Waals surface area contributed by atoms with Crippen LogP contribution in [0.1, 0.15) is 19.4 Å². The summed E-state index contributed by atoms with van der Waals surface area (Å²) in [5, 5.41) is 0. The van der Waals surface area contributed by atoms with Crippen molar-refractivity contribution in [3.63, 3.8) is 0 Å². The molecule has 0 fully saturated rings. The van der Waals surface area contributed by atoms with E-state index in [1.807, 2.05) is 13.0 Å². The molecule has 0 heterocycles. The summed E-state index contributed by atoms with van der Waals surface area (Å²) in [6.07, 6.45) is 3.95. The van der Waals surface area contributed by atoms with Gasteiger partial charge in [-0.25, -0.2) is 4.39 Å². The highest BCUT2D eigenvalue weighted by Crippen LogP contribution is 2.20. The number of hydrogen-bond donors (Lipinski definition) is 0. The van der Waals surface area contributed by atoms with E-state index < -0.39 is 0 Å². The molecule has 0 aliphatic carbocycles. The molecule has 0 radical (unpaired) electrons. The first-order chi connectivity index (χ1) is 7.72. The molecule has 0 aliphatic heterocycles. The molecular weight excluding hydrogens is 201 g/mol. The van der Waals surface area contributed by atoms with Gasteiger partial charge in [-0.3, -0.25) is 0 Å². The predicted octanol–water partition coefficient (Wildman–Crippen LogP) is 4.21. The highest BCUT2D eigenvalue weighted by molar-refractivity contribution is 5.54. The van der Waals surface area contributed by atoms with Crippen LogP contribution in [0.4, 0.5) is 10.1 Å². The van der Waals surface area contributed by atoms with Crippen LogP contribution in [0.3, 0.4) is 0 Å². The molecule has 1 aromatic rings. The molecule has 16 heavy (non-hydrogen) atoms. The largest absolute Gasteiger partial charge is 0.342 e. The lowest BCUT2D eigenvalue weighted by atomic mass is 10.2. The summed E-state index contributed by atoms with van der Waals surface area (Å²) < 4.78 is 12.3. The van der Waals surface area contributed by atoms with Crippen LogP contribution in [0.25, 0.3) is 0 Å². The molecule has 0 aromatic heterocycles. The van der Waals surface area contributed by atoms with Crippen LogP contribution < -0.4 is 4.90 Å². The molecule has 2 heteroatoms. The van der Waals surface area contributed by atoms with Gasteiger partial charge in [0.2, 0.25) is 0 Å². The predicted molar refractivity (Wildman–Crippen MR) is 68.2 cm³/mol. The second-order valence-electron chi connectivity index (χ2n) is 3.59. The van der Waals surface area contributed by atoms with Crippen molar-refractivity contribution in [2.45, 2.75) is 20.8 Å². The number of nitrogens with zero attached hydrogens (tertiary/aromatic N) is 1. The van der Waals surface area contributed by atoms with Crippen LogP contribution in [0, 0.1) is 6.92 Å². The molecule has 1 aromatic carbocycles. The van der Waals surface area contributed by atoms with E-state index in [4.69, 9.17) is 0 Å². The van der Waals surface area contributed by atoms with Crippen LogP contribution in [0.2, 0.25) is 0 Å². The Morgan fingerprint density at radius 3 is 2.38 bits per heavy atom. The molecule has 1 nitrogen and oxygen atoms in total. The summed E-state index contributed by atoms with van der Waals surface area (Å²) in [7, 11) is 0. The number of likely N-dealkylation sites (N-methyl/N-ethyl adjacent to an activating group) is 1. The van der Waals surface area contributed by atoms with Gasteiger partial charge >= 0.3 is 0 Å². The van der Waals surface area contributed by atoms with Gasteiger partial charge in [0.05, 0.1) is 6.33 Å². The molecule has 86 valence electrons. The summed E-state index contributed by atoms with van der Waals surface area (Å²) in [5.41, 5.74) is 3.18. The number of benzene rings is 1. The van der Waals surface area contributed by atoms with Gasteiger partial charge in [0.1, 0.15) is 0 Å². The zero-order valence-electron chi connectivity index (χ0n) is 10.1. The quantitative estimate of drug-likeness (QED) is 0.686. The monoisotopic (exact) mass is 219 g/mol. The van der Waals surface area contributed by atoms with Gasteiger partial charge in [-0.1, -0.05) is 23.8 Å². The second-order valence-corrected chi connectivity index (χ2v) is 3.59. The Bertz CT molecular complexity index is 376. The van der Waals surface area contributed by atoms with Crippen molar-refractivity contribution in [1.29, 1.82) is 0 Å². The smallest absolute Gasteiger partial charge is 0.0887 e. The lowest BCUT2D eigenvalue weighted by Crippen LogP contribution is -2.20. The molecule has 0 spiro atoms. The Morgan fingerprint density at radius 2 is 1.94 bits per heavy atom. The second kappa shape index (κ2) is 6.11. The molecule has 0 saturated carbocycles. The molecule has 0 atom stereocenters. The van der Waals surface area contributed by atoms with E-state index in [0.717, 1.165) is 17.9 Å². The number of hydrogen-bond acceptors (Lipinski definition) is 1. The van der Waals surface area contributed by atoms with E-state index in [9.17, 15) is 4.39 Å². The molecular formula is C14H18FN. The van der Waals surface area contributed by atoms with Crippen molar-refractivity contribution in [2.24, 2.45) is 0 Å². The van der Waals surface area contributed by atoms with Crippen LogP contribution in [-0.4, -0.2) is 6.54 Å². The maximum absolute atomic E-state index is 12.3. The Balaban J connectivity index is 3.02. The fourth-order valence-corrected chi connectivity index (χ4v) is 1.65. The summed E-state index contributed by atoms with van der Waals surface area (Å²) in [5.74, 6) is 0. The van der Waals surface area contributed by atoms with Crippen molar-refractivity contribution < 1.29 is 4.39 Å². The molecule has 0 unspecified atom stereocenters. The van der Waals surface area contributed by atoms with E-state index in [1.165, 1.54) is 11.6 Å². The molecule has 1 rings (SSSR count). The van der Waals surface area contributed by atoms with Crippen LogP contribution in [0.15, 0.2) is 48.4 Å². The zero-order chi connectivity index (χ0) is 12.0. The van der Waals surface area contributed by atoms with Gasteiger partial charge < -0.3 is 4.90 Å². The van der Waals surface area contributed by atoms with Crippen molar-refractivity contribution in [2.75, 3.05) is 11.4 Å². The average Bonchev–Trinajstić information content (AvgIpc) is 2.31. The highest BCUT2D eigenvalue weighted by Gasteiger charge is 2.06. The van der Waals surface area contributed by atoms with E-state index in [0.29, 0.717) is 6.33 Å². The molecule has 0 amide bonds. The summed E-state index contributed by atoms with van der Waals surface area (Å²) in [6.45, 7) is 6.83. The van der Waals surface area contributed by atoms with Gasteiger partial charge in [0, 0.05) is 17.9 Å². The van der Waals surface area contributed by atoms with Gasteiger partial charge in [0.25, 0.3) is 0 Å². The first-order valence-electron chi connectivity index (χ1n) is 5.50. The van der Waals surface area contributed by atoms with Crippen molar-refractivity contribution in [3.8, 4) is 0 Å². The highest BCUT2D eigenvalue weighted by atomic mass is 19.1. The minimum absolute atomic E-state index is 0.576. The summed E-state index contributed by atoms with van der Waals surface area (Å²) in [4.78, 5) is 2.06. The third-order valence-corrected chi connectivity index (χ3v) is 2.50. The third-order valence-electron chi connectivity index (χ3n) is 2.50. The van der Waals surface area contributed by atoms with Crippen LogP contribution >= 0.6 is 0 Å². The fraction of sp³-hybridized carbons (Fsp3) is 0.286. The molecule has 0 saturated heterocycles. The lowest BCUT2D eigenvalue weighted by molar-refractivity contribution is 0.718. The lowest BCUT2D eigenvalue weighted by Gasteiger charge is -2.24. The average molecular weight is 219 g/mol. The number of anilines is 1.